The fourth-order valence-electron chi connectivity index (χ4n) is 2.21. The summed E-state index contributed by atoms with van der Waals surface area (Å²) in [4.78, 5) is 5.73. The van der Waals surface area contributed by atoms with Gasteiger partial charge >= 0.3 is 0 Å². The van der Waals surface area contributed by atoms with E-state index in [0.29, 0.717) is 0 Å². The van der Waals surface area contributed by atoms with Gasteiger partial charge in [-0.3, -0.25) is 0 Å². The maximum atomic E-state index is 3.46. The van der Waals surface area contributed by atoms with E-state index in [1.54, 1.807) is 0 Å². The van der Waals surface area contributed by atoms with E-state index >= 15 is 0 Å². The average molecular weight is 207 g/mol. The summed E-state index contributed by atoms with van der Waals surface area (Å²) in [6.45, 7) is 3.50. The van der Waals surface area contributed by atoms with Crippen molar-refractivity contribution in [3.05, 3.63) is 24.0 Å². The summed E-state index contributed by atoms with van der Waals surface area (Å²) in [6.07, 6.45) is 5.78. The molecule has 0 radical (unpaired) electrons. The topological polar surface area (TPSA) is 31.1 Å². The van der Waals surface area contributed by atoms with Crippen molar-refractivity contribution in [2.45, 2.75) is 25.3 Å². The molecule has 3 heteroatoms. The van der Waals surface area contributed by atoms with Crippen LogP contribution in [-0.2, 0) is 6.42 Å². The smallest absolute Gasteiger partial charge is 0.0218 e. The minimum Gasteiger partial charge on any atom is -0.365 e. The number of aromatic amines is 1. The van der Waals surface area contributed by atoms with E-state index in [1.165, 1.54) is 25.1 Å². The molecule has 0 aromatic carbocycles. The minimum atomic E-state index is 0.730. The summed E-state index contributed by atoms with van der Waals surface area (Å²) in [5.74, 6) is 0. The zero-order valence-corrected chi connectivity index (χ0v) is 9.50. The maximum absolute atomic E-state index is 3.46. The van der Waals surface area contributed by atoms with Crippen molar-refractivity contribution >= 4 is 0 Å². The summed E-state index contributed by atoms with van der Waals surface area (Å²) in [5, 5.41) is 3.46. The molecule has 2 heterocycles. The van der Waals surface area contributed by atoms with E-state index in [9.17, 15) is 0 Å². The molecule has 1 aliphatic heterocycles. The second kappa shape index (κ2) is 5.33. The lowest BCUT2D eigenvalue weighted by Crippen LogP contribution is -2.44. The van der Waals surface area contributed by atoms with Crippen molar-refractivity contribution in [1.29, 1.82) is 0 Å². The highest BCUT2D eigenvalue weighted by Gasteiger charge is 2.16. The molecule has 0 bridgehead atoms. The highest BCUT2D eigenvalue weighted by atomic mass is 15.2. The maximum Gasteiger partial charge on any atom is 0.0218 e. The lowest BCUT2D eigenvalue weighted by atomic mass is 10.1. The summed E-state index contributed by atoms with van der Waals surface area (Å²) < 4.78 is 0. The second-order valence-corrected chi connectivity index (χ2v) is 4.43. The van der Waals surface area contributed by atoms with Gasteiger partial charge in [0.2, 0.25) is 0 Å². The molecule has 2 N–H and O–H groups in total. The van der Waals surface area contributed by atoms with Crippen LogP contribution in [0.1, 0.15) is 18.5 Å². The number of aromatic nitrogens is 1. The van der Waals surface area contributed by atoms with Crippen molar-refractivity contribution < 1.29 is 0 Å². The standard InChI is InChI=1S/C12H21N3/c1-15(12-5-3-7-13-10-12)9-6-11-4-2-8-14-11/h2,4,8,12-14H,3,5-7,9-10H2,1H3. The first-order valence-electron chi connectivity index (χ1n) is 5.89. The number of hydrogen-bond donors (Lipinski definition) is 2. The van der Waals surface area contributed by atoms with Crippen LogP contribution in [0.4, 0.5) is 0 Å². The monoisotopic (exact) mass is 207 g/mol. The number of H-pyrrole nitrogens is 1. The van der Waals surface area contributed by atoms with Crippen LogP contribution in [0.25, 0.3) is 0 Å². The van der Waals surface area contributed by atoms with Crippen molar-refractivity contribution in [3.8, 4) is 0 Å². The Morgan fingerprint density at radius 2 is 2.47 bits per heavy atom. The summed E-state index contributed by atoms with van der Waals surface area (Å²) >= 11 is 0. The molecule has 15 heavy (non-hydrogen) atoms. The second-order valence-electron chi connectivity index (χ2n) is 4.43. The minimum absolute atomic E-state index is 0.730. The number of hydrogen-bond acceptors (Lipinski definition) is 2. The molecule has 1 fully saturated rings. The molecule has 1 aliphatic rings. The molecule has 1 aromatic rings. The predicted molar refractivity (Wildman–Crippen MR) is 63.0 cm³/mol. The Hall–Kier alpha value is -0.800. The molecule has 0 spiro atoms. The summed E-state index contributed by atoms with van der Waals surface area (Å²) in [5.41, 5.74) is 1.34. The number of nitrogens with one attached hydrogen (secondary N) is 2. The van der Waals surface area contributed by atoms with Crippen LogP contribution in [0.3, 0.4) is 0 Å². The Bertz CT molecular complexity index is 262. The number of piperidine rings is 1. The molecule has 0 aliphatic carbocycles. The zero-order chi connectivity index (χ0) is 10.5. The molecule has 1 unspecified atom stereocenters. The Balaban J connectivity index is 1.74. The van der Waals surface area contributed by atoms with Crippen molar-refractivity contribution in [1.82, 2.24) is 15.2 Å². The molecule has 2 rings (SSSR count). The first kappa shape index (κ1) is 10.7. The highest BCUT2D eigenvalue weighted by molar-refractivity contribution is 5.03. The molecular weight excluding hydrogens is 186 g/mol. The fraction of sp³-hybridized carbons (Fsp3) is 0.667. The Labute approximate surface area is 91.9 Å². The van der Waals surface area contributed by atoms with Crippen LogP contribution in [0.15, 0.2) is 18.3 Å². The Morgan fingerprint density at radius 3 is 3.13 bits per heavy atom. The van der Waals surface area contributed by atoms with Crippen LogP contribution in [0, 0.1) is 0 Å². The van der Waals surface area contributed by atoms with E-state index in [1.807, 2.05) is 6.20 Å². The van der Waals surface area contributed by atoms with Crippen LogP contribution in [0.5, 0.6) is 0 Å². The third-order valence-corrected chi connectivity index (χ3v) is 3.29. The zero-order valence-electron chi connectivity index (χ0n) is 9.50. The molecule has 0 saturated carbocycles. The first-order chi connectivity index (χ1) is 7.36. The van der Waals surface area contributed by atoms with E-state index in [0.717, 1.165) is 25.6 Å². The van der Waals surface area contributed by atoms with Gasteiger partial charge < -0.3 is 15.2 Å². The molecule has 1 atom stereocenters. The SMILES string of the molecule is CN(CCc1ccc[nH]1)C1CCCNC1. The lowest BCUT2D eigenvalue weighted by molar-refractivity contribution is 0.205. The van der Waals surface area contributed by atoms with Crippen LogP contribution in [0.2, 0.25) is 0 Å². The molecular formula is C12H21N3. The van der Waals surface area contributed by atoms with Crippen molar-refractivity contribution in [3.63, 3.8) is 0 Å². The Morgan fingerprint density at radius 1 is 1.53 bits per heavy atom. The van der Waals surface area contributed by atoms with Gasteiger partial charge in [-0.1, -0.05) is 0 Å². The van der Waals surface area contributed by atoms with Gasteiger partial charge in [0.1, 0.15) is 0 Å². The third kappa shape index (κ3) is 3.08. The van der Waals surface area contributed by atoms with Crippen LogP contribution >= 0.6 is 0 Å². The number of likely N-dealkylation sites (N-methyl/N-ethyl adjacent to an activating group) is 1. The molecule has 1 saturated heterocycles. The van der Waals surface area contributed by atoms with Gasteiger partial charge in [0.15, 0.2) is 0 Å². The van der Waals surface area contributed by atoms with Crippen LogP contribution < -0.4 is 5.32 Å². The first-order valence-corrected chi connectivity index (χ1v) is 5.89. The van der Waals surface area contributed by atoms with Gasteiger partial charge in [0.05, 0.1) is 0 Å². The van der Waals surface area contributed by atoms with Gasteiger partial charge in [-0.25, -0.2) is 0 Å². The van der Waals surface area contributed by atoms with Gasteiger partial charge in [0, 0.05) is 37.4 Å². The number of rotatable bonds is 4. The summed E-state index contributed by atoms with van der Waals surface area (Å²) in [7, 11) is 2.24. The Kier molecular flexibility index (Phi) is 3.80. The summed E-state index contributed by atoms with van der Waals surface area (Å²) in [6, 6.07) is 4.96. The van der Waals surface area contributed by atoms with Gasteiger partial charge in [-0.15, -0.1) is 0 Å². The van der Waals surface area contributed by atoms with Gasteiger partial charge in [-0.2, -0.15) is 0 Å². The average Bonchev–Trinajstić information content (AvgIpc) is 2.80. The van der Waals surface area contributed by atoms with Gasteiger partial charge in [-0.05, 0) is 38.6 Å². The van der Waals surface area contributed by atoms with Gasteiger partial charge in [0.25, 0.3) is 0 Å². The molecule has 0 amide bonds. The van der Waals surface area contributed by atoms with Crippen molar-refractivity contribution in [2.24, 2.45) is 0 Å². The molecule has 84 valence electrons. The molecule has 3 nitrogen and oxygen atoms in total. The number of nitrogens with zero attached hydrogens (tertiary/aromatic N) is 1. The normalized spacial score (nSPS) is 22.1. The van der Waals surface area contributed by atoms with E-state index < -0.39 is 0 Å². The largest absolute Gasteiger partial charge is 0.365 e. The molecule has 1 aromatic heterocycles. The lowest BCUT2D eigenvalue weighted by Gasteiger charge is -2.31. The predicted octanol–water partition coefficient (Wildman–Crippen LogP) is 1.24. The van der Waals surface area contributed by atoms with Crippen molar-refractivity contribution in [2.75, 3.05) is 26.7 Å². The quantitative estimate of drug-likeness (QED) is 0.778. The fourth-order valence-corrected chi connectivity index (χ4v) is 2.21. The highest BCUT2D eigenvalue weighted by Crippen LogP contribution is 2.09. The van der Waals surface area contributed by atoms with E-state index in [-0.39, 0.29) is 0 Å². The van der Waals surface area contributed by atoms with E-state index in [2.05, 4.69) is 34.4 Å². The van der Waals surface area contributed by atoms with Crippen LogP contribution in [-0.4, -0.2) is 42.6 Å². The third-order valence-electron chi connectivity index (χ3n) is 3.29. The van der Waals surface area contributed by atoms with E-state index in [4.69, 9.17) is 0 Å².